The van der Waals surface area contributed by atoms with Gasteiger partial charge in [0.05, 0.1) is 12.1 Å². The van der Waals surface area contributed by atoms with Crippen LogP contribution in [0.4, 0.5) is 5.13 Å². The number of amides is 1. The number of sulfonamides is 1. The molecule has 1 aromatic heterocycles. The topological polar surface area (TPSA) is 112 Å². The zero-order valence-corrected chi connectivity index (χ0v) is 14.2. The summed E-state index contributed by atoms with van der Waals surface area (Å²) in [6.07, 6.45) is 2.61. The van der Waals surface area contributed by atoms with E-state index >= 15 is 0 Å². The lowest BCUT2D eigenvalue weighted by Gasteiger charge is -2.33. The number of aliphatic hydroxyl groups excluding tert-OH is 1. The van der Waals surface area contributed by atoms with Crippen molar-refractivity contribution in [1.82, 2.24) is 14.5 Å². The number of carbonyl (C=O) groups excluding carboxylic acids is 1. The molecule has 2 N–H and O–H groups in total. The van der Waals surface area contributed by atoms with E-state index in [0.29, 0.717) is 12.8 Å². The molecule has 0 aliphatic heterocycles. The van der Waals surface area contributed by atoms with Gasteiger partial charge in [-0.3, -0.25) is 4.79 Å². The molecule has 1 fully saturated rings. The molecule has 124 valence electrons. The highest BCUT2D eigenvalue weighted by molar-refractivity contribution is 7.91. The Hall–Kier alpha value is -1.10. The molecule has 1 aromatic rings. The molecule has 0 spiro atoms. The second-order valence-electron chi connectivity index (χ2n) is 5.22. The van der Waals surface area contributed by atoms with Crippen LogP contribution in [0.3, 0.4) is 0 Å². The molecule has 22 heavy (non-hydrogen) atoms. The van der Waals surface area contributed by atoms with Crippen molar-refractivity contribution in [2.24, 2.45) is 0 Å². The number of aromatic nitrogens is 2. The summed E-state index contributed by atoms with van der Waals surface area (Å²) in [5, 5.41) is 20.0. The fourth-order valence-electron chi connectivity index (χ4n) is 2.39. The molecule has 1 aliphatic rings. The molecular formula is C12H20N4O4S2. The smallest absolute Gasteiger partial charge is 0.272 e. The second kappa shape index (κ2) is 6.99. The van der Waals surface area contributed by atoms with Gasteiger partial charge in [-0.15, -0.1) is 10.2 Å². The Labute approximate surface area is 133 Å². The minimum Gasteiger partial charge on any atom is -0.391 e. The molecule has 2 atom stereocenters. The van der Waals surface area contributed by atoms with Crippen LogP contribution in [0.25, 0.3) is 0 Å². The van der Waals surface area contributed by atoms with E-state index in [0.717, 1.165) is 24.2 Å². The Morgan fingerprint density at radius 2 is 2.09 bits per heavy atom. The third kappa shape index (κ3) is 3.62. The largest absolute Gasteiger partial charge is 0.391 e. The van der Waals surface area contributed by atoms with E-state index in [1.807, 2.05) is 0 Å². The zero-order chi connectivity index (χ0) is 16.3. The molecule has 1 amide bonds. The van der Waals surface area contributed by atoms with Crippen molar-refractivity contribution in [2.75, 3.05) is 12.4 Å². The summed E-state index contributed by atoms with van der Waals surface area (Å²) >= 11 is 0.812. The van der Waals surface area contributed by atoms with Gasteiger partial charge in [-0.05, 0) is 12.8 Å². The van der Waals surface area contributed by atoms with E-state index in [2.05, 4.69) is 15.5 Å². The predicted molar refractivity (Wildman–Crippen MR) is 82.0 cm³/mol. The molecule has 0 radical (unpaired) electrons. The van der Waals surface area contributed by atoms with E-state index in [1.165, 1.54) is 11.4 Å². The monoisotopic (exact) mass is 348 g/mol. The standard InChI is InChI=1S/C12H20N4O4S2/c1-3-10(18)13-11-14-15-12(21-11)22(19,20)16(2)8-6-4-5-7-9(8)17/h8-9,17H,3-7H2,1-2H3,(H,13,14,18)/t8-,9-/m0/s1. The van der Waals surface area contributed by atoms with Crippen LogP contribution in [0.2, 0.25) is 0 Å². The van der Waals surface area contributed by atoms with Crippen molar-refractivity contribution >= 4 is 32.4 Å². The summed E-state index contributed by atoms with van der Waals surface area (Å²) in [4.78, 5) is 11.3. The number of nitrogens with one attached hydrogen (secondary N) is 1. The molecule has 0 saturated heterocycles. The lowest BCUT2D eigenvalue weighted by atomic mass is 9.93. The van der Waals surface area contributed by atoms with Gasteiger partial charge < -0.3 is 10.4 Å². The van der Waals surface area contributed by atoms with Crippen molar-refractivity contribution in [3.63, 3.8) is 0 Å². The van der Waals surface area contributed by atoms with Gasteiger partial charge in [-0.2, -0.15) is 4.31 Å². The molecule has 0 unspecified atom stereocenters. The van der Waals surface area contributed by atoms with E-state index in [4.69, 9.17) is 0 Å². The molecule has 8 nitrogen and oxygen atoms in total. The third-order valence-electron chi connectivity index (χ3n) is 3.73. The van der Waals surface area contributed by atoms with Crippen LogP contribution in [0, 0.1) is 0 Å². The summed E-state index contributed by atoms with van der Waals surface area (Å²) < 4.78 is 26.1. The number of nitrogens with zero attached hydrogens (tertiary/aromatic N) is 3. The minimum absolute atomic E-state index is 0.156. The van der Waals surface area contributed by atoms with Crippen LogP contribution in [0.5, 0.6) is 0 Å². The fraction of sp³-hybridized carbons (Fsp3) is 0.750. The first-order valence-electron chi connectivity index (χ1n) is 7.15. The molecule has 1 heterocycles. The lowest BCUT2D eigenvalue weighted by molar-refractivity contribution is -0.115. The molecule has 2 rings (SSSR count). The maximum Gasteiger partial charge on any atom is 0.272 e. The minimum atomic E-state index is -3.83. The Morgan fingerprint density at radius 3 is 2.73 bits per heavy atom. The highest BCUT2D eigenvalue weighted by Crippen LogP contribution is 2.29. The van der Waals surface area contributed by atoms with Crippen LogP contribution in [-0.4, -0.2) is 53.1 Å². The first-order chi connectivity index (χ1) is 10.4. The van der Waals surface area contributed by atoms with Gasteiger partial charge in [0.25, 0.3) is 10.0 Å². The van der Waals surface area contributed by atoms with Gasteiger partial charge in [0.15, 0.2) is 0 Å². The van der Waals surface area contributed by atoms with E-state index < -0.39 is 22.2 Å². The predicted octanol–water partition coefficient (Wildman–Crippen LogP) is 0.811. The summed E-state index contributed by atoms with van der Waals surface area (Å²) in [6, 6.07) is -0.448. The van der Waals surface area contributed by atoms with Crippen molar-refractivity contribution in [1.29, 1.82) is 0 Å². The third-order valence-corrected chi connectivity index (χ3v) is 6.80. The highest BCUT2D eigenvalue weighted by atomic mass is 32.2. The zero-order valence-electron chi connectivity index (χ0n) is 12.5. The average molecular weight is 348 g/mol. The van der Waals surface area contributed by atoms with Gasteiger partial charge in [-0.1, -0.05) is 31.1 Å². The van der Waals surface area contributed by atoms with Crippen molar-refractivity contribution in [3.8, 4) is 0 Å². The van der Waals surface area contributed by atoms with Gasteiger partial charge in [0.2, 0.25) is 15.4 Å². The number of hydrogen-bond donors (Lipinski definition) is 2. The van der Waals surface area contributed by atoms with E-state index in [-0.39, 0.29) is 21.8 Å². The number of carbonyl (C=O) groups is 1. The normalized spacial score (nSPS) is 22.7. The first kappa shape index (κ1) is 17.3. The van der Waals surface area contributed by atoms with Crippen molar-refractivity contribution < 1.29 is 18.3 Å². The number of likely N-dealkylation sites (N-methyl/N-ethyl adjacent to an activating group) is 1. The first-order valence-corrected chi connectivity index (χ1v) is 9.41. The number of rotatable bonds is 5. The Kier molecular flexibility index (Phi) is 5.48. The molecule has 0 aromatic carbocycles. The SMILES string of the molecule is CCC(=O)Nc1nnc(S(=O)(=O)N(C)[C@H]2CCCC[C@@H]2O)s1. The maximum atomic E-state index is 12.6. The fourth-order valence-corrected chi connectivity index (χ4v) is 4.89. The Morgan fingerprint density at radius 1 is 1.41 bits per heavy atom. The summed E-state index contributed by atoms with van der Waals surface area (Å²) in [5.41, 5.74) is 0. The second-order valence-corrected chi connectivity index (χ2v) is 8.36. The molecule has 0 bridgehead atoms. The van der Waals surface area contributed by atoms with Crippen molar-refractivity contribution in [3.05, 3.63) is 0 Å². The number of anilines is 1. The van der Waals surface area contributed by atoms with E-state index in [9.17, 15) is 18.3 Å². The highest BCUT2D eigenvalue weighted by Gasteiger charge is 2.36. The summed E-state index contributed by atoms with van der Waals surface area (Å²) in [6.45, 7) is 1.69. The van der Waals surface area contributed by atoms with E-state index in [1.54, 1.807) is 6.92 Å². The van der Waals surface area contributed by atoms with Crippen molar-refractivity contribution in [2.45, 2.75) is 55.5 Å². The van der Waals surface area contributed by atoms with Gasteiger partial charge >= 0.3 is 0 Å². The maximum absolute atomic E-state index is 12.6. The van der Waals surface area contributed by atoms with Crippen LogP contribution in [-0.2, 0) is 14.8 Å². The average Bonchev–Trinajstić information content (AvgIpc) is 2.96. The summed E-state index contributed by atoms with van der Waals surface area (Å²) in [7, 11) is -2.38. The number of aliphatic hydroxyl groups is 1. The van der Waals surface area contributed by atoms with Gasteiger partial charge in [-0.25, -0.2) is 8.42 Å². The number of hydrogen-bond acceptors (Lipinski definition) is 7. The molecule has 10 heteroatoms. The van der Waals surface area contributed by atoms with Crippen LogP contribution < -0.4 is 5.32 Å². The molecule has 1 saturated carbocycles. The molecular weight excluding hydrogens is 328 g/mol. The lowest BCUT2D eigenvalue weighted by Crippen LogP contribution is -2.46. The van der Waals surface area contributed by atoms with Gasteiger partial charge in [0, 0.05) is 13.5 Å². The molecule has 1 aliphatic carbocycles. The summed E-state index contributed by atoms with van der Waals surface area (Å²) in [5.74, 6) is -0.254. The quantitative estimate of drug-likeness (QED) is 0.762. The van der Waals surface area contributed by atoms with Crippen LogP contribution in [0.15, 0.2) is 4.34 Å². The van der Waals surface area contributed by atoms with Crippen LogP contribution >= 0.6 is 11.3 Å². The Bertz CT molecular complexity index is 631. The Balaban J connectivity index is 2.17. The van der Waals surface area contributed by atoms with Crippen LogP contribution in [0.1, 0.15) is 39.0 Å². The van der Waals surface area contributed by atoms with Gasteiger partial charge in [0.1, 0.15) is 0 Å².